The number of piperidine rings is 1. The molecule has 0 saturated carbocycles. The van der Waals surface area contributed by atoms with Gasteiger partial charge in [0.2, 0.25) is 70.9 Å². The van der Waals surface area contributed by atoms with E-state index in [9.17, 15) is 38.4 Å². The van der Waals surface area contributed by atoms with Crippen molar-refractivity contribution < 1.29 is 57.5 Å². The van der Waals surface area contributed by atoms with Crippen LogP contribution in [0.25, 0.3) is 0 Å². The SMILES string of the molecule is CC[C@H](C)[C@@H]1NC(=O)[C@H](CC(C)C)N(C)C(=O)CC(C(=O)N2CCCCC2)N(C)C(=O)[C@H](CC(C)C)NC(=O)C(C)(C)N(C)C(=O)[C@H](CCc2ccccc2)NC(=O)[C@H](Cc2cccc(I)c2)NC(=O)CN(C)C(=O)[C@H](Cc2ccc(C)cc2)N(C)C(=O)CN(C)C(=O)CN(C)C1=O. The minimum atomic E-state index is -1.73. The molecule has 0 aliphatic carbocycles. The molecule has 0 radical (unpaired) electrons. The number of carbonyl (C=O) groups excluding carboxylic acids is 12. The van der Waals surface area contributed by atoms with Crippen LogP contribution in [0, 0.1) is 28.2 Å². The zero-order valence-electron chi connectivity index (χ0n) is 60.4. The third-order valence-corrected chi connectivity index (χ3v) is 19.6. The molecular formula is C73H107IN12O12. The minimum Gasteiger partial charge on any atom is -0.342 e. The van der Waals surface area contributed by atoms with E-state index in [1.165, 1.54) is 82.8 Å². The molecule has 0 spiro atoms. The molecule has 24 nitrogen and oxygen atoms in total. The number of carbonyl (C=O) groups is 12. The van der Waals surface area contributed by atoms with Crippen molar-refractivity contribution in [3.05, 3.63) is 105 Å². The predicted molar refractivity (Wildman–Crippen MR) is 383 cm³/mol. The summed E-state index contributed by atoms with van der Waals surface area (Å²) in [5.74, 6) is -8.86. The topological polar surface area (TPSA) is 279 Å². The highest BCUT2D eigenvalue weighted by Gasteiger charge is 2.44. The summed E-state index contributed by atoms with van der Waals surface area (Å²) in [6, 6.07) is 15.0. The Hall–Kier alpha value is -7.97. The van der Waals surface area contributed by atoms with Crippen molar-refractivity contribution in [3.63, 3.8) is 0 Å². The highest BCUT2D eigenvalue weighted by Crippen LogP contribution is 2.24. The Labute approximate surface area is 593 Å². The monoisotopic (exact) mass is 1470 g/mol. The summed E-state index contributed by atoms with van der Waals surface area (Å²) in [6.07, 6.45) is 2.60. The molecule has 5 rings (SSSR count). The first-order valence-corrected chi connectivity index (χ1v) is 35.3. The molecule has 3 aromatic rings. The van der Waals surface area contributed by atoms with Crippen LogP contribution in [-0.4, -0.2) is 240 Å². The van der Waals surface area contributed by atoms with Crippen molar-refractivity contribution in [1.82, 2.24) is 60.5 Å². The first-order chi connectivity index (χ1) is 46.1. The quantitative estimate of drug-likeness (QED) is 0.161. The van der Waals surface area contributed by atoms with E-state index < -0.39 is 151 Å². The molecule has 2 aliphatic rings. The number of hydrogen-bond acceptors (Lipinski definition) is 12. The molecular weight excluding hydrogens is 1360 g/mol. The number of nitrogens with zero attached hydrogens (tertiary/aromatic N) is 8. The van der Waals surface area contributed by atoms with Crippen LogP contribution in [0.2, 0.25) is 0 Å². The Kier molecular flexibility index (Phi) is 30.7. The molecule has 2 aliphatic heterocycles. The summed E-state index contributed by atoms with van der Waals surface area (Å²) in [5, 5.41) is 11.6. The summed E-state index contributed by atoms with van der Waals surface area (Å²) in [6.45, 7) is 15.1. The highest BCUT2D eigenvalue weighted by atomic mass is 127. The number of rotatable bonds is 14. The molecule has 8 atom stereocenters. The van der Waals surface area contributed by atoms with Crippen LogP contribution in [0.3, 0.4) is 0 Å². The third-order valence-electron chi connectivity index (χ3n) is 19.0. The second-order valence-corrected chi connectivity index (χ2v) is 29.3. The number of halogens is 1. The van der Waals surface area contributed by atoms with Crippen molar-refractivity contribution in [2.75, 3.05) is 82.1 Å². The van der Waals surface area contributed by atoms with Crippen LogP contribution in [0.4, 0.5) is 0 Å². The summed E-state index contributed by atoms with van der Waals surface area (Å²) in [4.78, 5) is 187. The van der Waals surface area contributed by atoms with Crippen molar-refractivity contribution in [2.24, 2.45) is 17.8 Å². The van der Waals surface area contributed by atoms with E-state index in [0.29, 0.717) is 49.9 Å². The fourth-order valence-corrected chi connectivity index (χ4v) is 12.6. The van der Waals surface area contributed by atoms with Gasteiger partial charge in [0.15, 0.2) is 0 Å². The number of likely N-dealkylation sites (N-methyl/N-ethyl adjacent to an activating group) is 7. The third kappa shape index (κ3) is 22.8. The normalized spacial score (nSPS) is 23.4. The van der Waals surface area contributed by atoms with Gasteiger partial charge in [-0.2, -0.15) is 0 Å². The molecule has 25 heteroatoms. The van der Waals surface area contributed by atoms with Crippen LogP contribution >= 0.6 is 22.6 Å². The molecule has 1 unspecified atom stereocenters. The van der Waals surface area contributed by atoms with Gasteiger partial charge in [-0.15, -0.1) is 0 Å². The summed E-state index contributed by atoms with van der Waals surface area (Å²) in [7, 11) is 9.86. The number of aryl methyl sites for hydroxylation is 2. The average molecular weight is 1470 g/mol. The Bertz CT molecular complexity index is 3290. The van der Waals surface area contributed by atoms with E-state index in [2.05, 4.69) is 43.9 Å². The van der Waals surface area contributed by atoms with Crippen molar-refractivity contribution in [2.45, 2.75) is 181 Å². The summed E-state index contributed by atoms with van der Waals surface area (Å²) >= 11 is 2.14. The molecule has 4 N–H and O–H groups in total. The number of amides is 12. The number of hydrogen-bond donors (Lipinski definition) is 4. The molecule has 12 amide bonds. The van der Waals surface area contributed by atoms with Gasteiger partial charge >= 0.3 is 0 Å². The van der Waals surface area contributed by atoms with Gasteiger partial charge in [-0.3, -0.25) is 57.5 Å². The number of nitrogens with one attached hydrogen (secondary N) is 4. The number of likely N-dealkylation sites (tertiary alicyclic amines) is 1. The van der Waals surface area contributed by atoms with Crippen LogP contribution in [0.1, 0.15) is 129 Å². The largest absolute Gasteiger partial charge is 0.342 e. The van der Waals surface area contributed by atoms with E-state index >= 15 is 19.2 Å². The fourth-order valence-electron chi connectivity index (χ4n) is 12.0. The smallest absolute Gasteiger partial charge is 0.246 e. The van der Waals surface area contributed by atoms with Gasteiger partial charge in [-0.05, 0) is 135 Å². The van der Waals surface area contributed by atoms with Crippen LogP contribution in [0.15, 0.2) is 78.9 Å². The maximum atomic E-state index is 15.3. The van der Waals surface area contributed by atoms with Gasteiger partial charge in [0.25, 0.3) is 0 Å². The van der Waals surface area contributed by atoms with Gasteiger partial charge in [0, 0.05) is 78.8 Å². The minimum absolute atomic E-state index is 0.00280. The van der Waals surface area contributed by atoms with Crippen LogP contribution in [-0.2, 0) is 76.8 Å². The van der Waals surface area contributed by atoms with E-state index in [-0.39, 0.29) is 43.9 Å². The van der Waals surface area contributed by atoms with Crippen LogP contribution < -0.4 is 21.3 Å². The van der Waals surface area contributed by atoms with E-state index in [1.807, 2.05) is 108 Å². The van der Waals surface area contributed by atoms with E-state index in [0.717, 1.165) is 35.8 Å². The lowest BCUT2D eigenvalue weighted by molar-refractivity contribution is -0.152. The van der Waals surface area contributed by atoms with E-state index in [4.69, 9.17) is 0 Å². The molecule has 2 saturated heterocycles. The van der Waals surface area contributed by atoms with Crippen molar-refractivity contribution in [3.8, 4) is 0 Å². The van der Waals surface area contributed by atoms with Gasteiger partial charge in [-0.25, -0.2) is 0 Å². The lowest BCUT2D eigenvalue weighted by Gasteiger charge is -2.39. The predicted octanol–water partition coefficient (Wildman–Crippen LogP) is 4.60. The zero-order valence-corrected chi connectivity index (χ0v) is 62.6. The molecule has 0 aromatic heterocycles. The second kappa shape index (κ2) is 37.3. The lowest BCUT2D eigenvalue weighted by atomic mass is 9.95. The average Bonchev–Trinajstić information content (AvgIpc) is 0.814. The molecule has 538 valence electrons. The first kappa shape index (κ1) is 80.7. The second-order valence-electron chi connectivity index (χ2n) is 28.1. The Balaban J connectivity index is 1.64. The van der Waals surface area contributed by atoms with Gasteiger partial charge in [-0.1, -0.05) is 120 Å². The standard InChI is InChI=1S/C73H107IN12O12/c1-17-49(7)64-71(97)81(12)44-62(89)79(10)45-63(90)83(14)58(41-51-31-29-48(6)30-32-51)69(95)80(11)43-60(87)75-55(40-52-27-24-28-53(74)39-52)65(91)76-54(34-33-50-25-20-18-21-26-50)68(94)85(16)73(8,9)72(98)77-56(37-46(2)3)67(93)84(15)59(70(96)86-35-22-19-23-36-86)42-61(88)82(13)57(38-47(4)5)66(92)78-64/h18,20-21,24-32,39,46-47,49,54-59,64H,17,19,22-23,33-38,40-45H2,1-16H3,(H,75,87)(H,76,91)(H,77,98)(H,78,92)/t49-,54-,55-,56-,57-,58-,59?,64-/m0/s1. The molecule has 2 heterocycles. The lowest BCUT2D eigenvalue weighted by Crippen LogP contribution is -2.63. The molecule has 98 heavy (non-hydrogen) atoms. The molecule has 3 aromatic carbocycles. The van der Waals surface area contributed by atoms with E-state index in [1.54, 1.807) is 24.0 Å². The maximum Gasteiger partial charge on any atom is 0.246 e. The van der Waals surface area contributed by atoms with Gasteiger partial charge < -0.3 is 60.5 Å². The van der Waals surface area contributed by atoms with Gasteiger partial charge in [0.05, 0.1) is 26.1 Å². The Morgan fingerprint density at radius 1 is 0.551 bits per heavy atom. The first-order valence-electron chi connectivity index (χ1n) is 34.2. The van der Waals surface area contributed by atoms with Crippen molar-refractivity contribution >= 4 is 93.5 Å². The molecule has 2 fully saturated rings. The Morgan fingerprint density at radius 3 is 1.74 bits per heavy atom. The maximum absolute atomic E-state index is 15.3. The Morgan fingerprint density at radius 2 is 1.14 bits per heavy atom. The van der Waals surface area contributed by atoms with Crippen LogP contribution in [0.5, 0.6) is 0 Å². The fraction of sp³-hybridized carbons (Fsp3) is 0.589. The summed E-state index contributed by atoms with van der Waals surface area (Å²) < 4.78 is 0.843. The number of benzene rings is 3. The van der Waals surface area contributed by atoms with Crippen molar-refractivity contribution in [1.29, 1.82) is 0 Å². The molecule has 0 bridgehead atoms. The zero-order chi connectivity index (χ0) is 73.0. The van der Waals surface area contributed by atoms with Gasteiger partial charge in [0.1, 0.15) is 47.8 Å². The highest BCUT2D eigenvalue weighted by molar-refractivity contribution is 14.1. The summed E-state index contributed by atoms with van der Waals surface area (Å²) in [5.41, 5.74) is 1.41.